The van der Waals surface area contributed by atoms with Gasteiger partial charge in [0.1, 0.15) is 0 Å². The number of benzene rings is 3. The molecule has 0 atom stereocenters. The van der Waals surface area contributed by atoms with E-state index in [-0.39, 0.29) is 0 Å². The summed E-state index contributed by atoms with van der Waals surface area (Å²) in [5, 5.41) is 2.16. The van der Waals surface area contributed by atoms with Crippen LogP contribution >= 0.6 is 11.3 Å². The molecule has 2 aromatic heterocycles. The Labute approximate surface area is 179 Å². The molecule has 0 bridgehead atoms. The number of rotatable bonds is 4. The molecule has 0 spiro atoms. The Morgan fingerprint density at radius 3 is 1.97 bits per heavy atom. The first-order chi connectivity index (χ1) is 14.9. The van der Waals surface area contributed by atoms with Crippen LogP contribution in [0.15, 0.2) is 120 Å². The molecule has 0 radical (unpaired) electrons. The number of thiazole rings is 1. The van der Waals surface area contributed by atoms with E-state index in [0.29, 0.717) is 5.82 Å². The summed E-state index contributed by atoms with van der Waals surface area (Å²) >= 11 is 1.62. The van der Waals surface area contributed by atoms with Crippen molar-refractivity contribution in [2.45, 2.75) is 0 Å². The third-order valence-corrected chi connectivity index (χ3v) is 5.70. The first-order valence-corrected chi connectivity index (χ1v) is 10.6. The molecule has 0 aliphatic heterocycles. The van der Waals surface area contributed by atoms with E-state index < -0.39 is 0 Å². The molecule has 3 nitrogen and oxygen atoms in total. The molecule has 5 rings (SSSR count). The molecule has 5 aromatic rings. The lowest BCUT2D eigenvalue weighted by Gasteiger charge is -2.10. The van der Waals surface area contributed by atoms with Crippen LogP contribution in [0.4, 0.5) is 5.82 Å². The highest BCUT2D eigenvalue weighted by molar-refractivity contribution is 7.07. The van der Waals surface area contributed by atoms with Crippen molar-refractivity contribution in [2.75, 3.05) is 0 Å². The Hall–Kier alpha value is -3.76. The van der Waals surface area contributed by atoms with E-state index in [9.17, 15) is 0 Å². The fraction of sp³-hybridized carbons (Fsp3) is 0. The van der Waals surface area contributed by atoms with Gasteiger partial charge in [0.25, 0.3) is 0 Å². The van der Waals surface area contributed by atoms with Crippen LogP contribution in [0.25, 0.3) is 28.1 Å². The first-order valence-electron chi connectivity index (χ1n) is 9.76. The number of aromatic nitrogens is 2. The molecule has 0 aliphatic carbocycles. The first kappa shape index (κ1) is 18.3. The van der Waals surface area contributed by atoms with E-state index in [0.717, 1.165) is 21.7 Å². The highest BCUT2D eigenvalue weighted by Crippen LogP contribution is 2.27. The summed E-state index contributed by atoms with van der Waals surface area (Å²) in [4.78, 5) is 10.1. The van der Waals surface area contributed by atoms with Crippen molar-refractivity contribution in [2.24, 2.45) is 4.99 Å². The smallest absolute Gasteiger partial charge is 0.196 e. The maximum atomic E-state index is 4.80. The van der Waals surface area contributed by atoms with Gasteiger partial charge in [-0.1, -0.05) is 78.9 Å². The molecule has 4 heteroatoms. The van der Waals surface area contributed by atoms with Gasteiger partial charge in [-0.2, -0.15) is 0 Å². The van der Waals surface area contributed by atoms with Crippen LogP contribution in [0.1, 0.15) is 0 Å². The highest BCUT2D eigenvalue weighted by atomic mass is 32.1. The van der Waals surface area contributed by atoms with Crippen molar-refractivity contribution < 1.29 is 0 Å². The minimum atomic E-state index is 0.704. The molecule has 0 N–H and O–H groups in total. The quantitative estimate of drug-likeness (QED) is 0.336. The minimum absolute atomic E-state index is 0.704. The Morgan fingerprint density at radius 1 is 0.633 bits per heavy atom. The van der Waals surface area contributed by atoms with Crippen LogP contribution in [0.5, 0.6) is 0 Å². The van der Waals surface area contributed by atoms with Crippen LogP contribution in [-0.2, 0) is 0 Å². The van der Waals surface area contributed by atoms with Crippen LogP contribution in [0.2, 0.25) is 0 Å². The average molecular weight is 406 g/mol. The van der Waals surface area contributed by atoms with Gasteiger partial charge in [-0.25, -0.2) is 9.98 Å². The molecule has 3 aromatic carbocycles. The predicted octanol–water partition coefficient (Wildman–Crippen LogP) is 6.50. The number of hydrogen-bond acceptors (Lipinski definition) is 3. The fourth-order valence-corrected chi connectivity index (χ4v) is 4.31. The van der Waals surface area contributed by atoms with E-state index in [1.165, 1.54) is 11.1 Å². The minimum Gasteiger partial charge on any atom is -0.285 e. The molecule has 0 fully saturated rings. The summed E-state index contributed by atoms with van der Waals surface area (Å²) in [5.41, 5.74) is 5.77. The molecule has 2 heterocycles. The second-order valence-electron chi connectivity index (χ2n) is 6.82. The largest absolute Gasteiger partial charge is 0.285 e. The second kappa shape index (κ2) is 8.31. The summed E-state index contributed by atoms with van der Waals surface area (Å²) in [6.07, 6.45) is 1.77. The predicted molar refractivity (Wildman–Crippen MR) is 124 cm³/mol. The highest BCUT2D eigenvalue weighted by Gasteiger charge is 2.10. The van der Waals surface area contributed by atoms with Gasteiger partial charge in [0.05, 0.1) is 5.69 Å². The monoisotopic (exact) mass is 405 g/mol. The third kappa shape index (κ3) is 3.73. The van der Waals surface area contributed by atoms with E-state index in [1.807, 2.05) is 42.5 Å². The lowest BCUT2D eigenvalue weighted by atomic mass is 10.0. The van der Waals surface area contributed by atoms with Gasteiger partial charge in [-0.3, -0.25) is 4.57 Å². The molecule has 144 valence electrons. The van der Waals surface area contributed by atoms with Gasteiger partial charge in [0.15, 0.2) is 10.6 Å². The zero-order valence-corrected chi connectivity index (χ0v) is 17.0. The topological polar surface area (TPSA) is 30.2 Å². The zero-order valence-electron chi connectivity index (χ0n) is 16.2. The van der Waals surface area contributed by atoms with Crippen molar-refractivity contribution in [3.63, 3.8) is 0 Å². The zero-order chi connectivity index (χ0) is 20.2. The Bertz CT molecular complexity index is 1300. The van der Waals surface area contributed by atoms with E-state index in [4.69, 9.17) is 4.99 Å². The summed E-state index contributed by atoms with van der Waals surface area (Å²) in [5.74, 6) is 0.704. The summed E-state index contributed by atoms with van der Waals surface area (Å²) in [6.45, 7) is 0. The summed E-state index contributed by atoms with van der Waals surface area (Å²) in [6, 6.07) is 35.2. The van der Waals surface area contributed by atoms with Crippen molar-refractivity contribution in [1.29, 1.82) is 0 Å². The SMILES string of the molecule is c1ccc(-c2ccc(-c3csc(=Nc4ccccn4)n3-c3ccccc3)cc2)cc1. The standard InChI is InChI=1S/C26H19N3S/c1-3-9-20(10-4-1)21-14-16-22(17-15-21)24-19-30-26(28-25-13-7-8-18-27-25)29(24)23-11-5-2-6-12-23/h1-19H. The van der Waals surface area contributed by atoms with Gasteiger partial charge in [-0.05, 0) is 41.0 Å². The van der Waals surface area contributed by atoms with Gasteiger partial charge in [0, 0.05) is 17.3 Å². The fourth-order valence-electron chi connectivity index (χ4n) is 3.40. The van der Waals surface area contributed by atoms with Crippen LogP contribution in [0, 0.1) is 0 Å². The Balaban J connectivity index is 1.63. The normalized spacial score (nSPS) is 11.5. The van der Waals surface area contributed by atoms with Crippen LogP contribution < -0.4 is 4.80 Å². The van der Waals surface area contributed by atoms with E-state index in [1.54, 1.807) is 17.5 Å². The Morgan fingerprint density at radius 2 is 1.27 bits per heavy atom. The molecular formula is C26H19N3S. The second-order valence-corrected chi connectivity index (χ2v) is 7.65. The number of para-hydroxylation sites is 1. The number of hydrogen-bond donors (Lipinski definition) is 0. The molecule has 0 saturated carbocycles. The van der Waals surface area contributed by atoms with Gasteiger partial charge >= 0.3 is 0 Å². The molecule has 30 heavy (non-hydrogen) atoms. The van der Waals surface area contributed by atoms with Crippen LogP contribution in [0.3, 0.4) is 0 Å². The summed E-state index contributed by atoms with van der Waals surface area (Å²) < 4.78 is 2.19. The molecule has 0 aliphatic rings. The number of pyridine rings is 1. The van der Waals surface area contributed by atoms with Crippen LogP contribution in [-0.4, -0.2) is 9.55 Å². The Kier molecular flexibility index (Phi) is 5.06. The van der Waals surface area contributed by atoms with Crippen molar-refractivity contribution in [3.8, 4) is 28.1 Å². The maximum absolute atomic E-state index is 4.80. The van der Waals surface area contributed by atoms with Gasteiger partial charge in [0.2, 0.25) is 0 Å². The molecule has 0 unspecified atom stereocenters. The average Bonchev–Trinajstić information content (AvgIpc) is 3.24. The lowest BCUT2D eigenvalue weighted by molar-refractivity contribution is 1.00. The number of nitrogens with zero attached hydrogens (tertiary/aromatic N) is 3. The lowest BCUT2D eigenvalue weighted by Crippen LogP contribution is -2.13. The van der Waals surface area contributed by atoms with Crippen molar-refractivity contribution in [3.05, 3.63) is 120 Å². The summed E-state index contributed by atoms with van der Waals surface area (Å²) in [7, 11) is 0. The van der Waals surface area contributed by atoms with Gasteiger partial charge in [-0.15, -0.1) is 11.3 Å². The molecule has 0 saturated heterocycles. The third-order valence-electron chi connectivity index (χ3n) is 4.87. The van der Waals surface area contributed by atoms with E-state index in [2.05, 4.69) is 75.6 Å². The van der Waals surface area contributed by atoms with Crippen molar-refractivity contribution >= 4 is 17.2 Å². The molecule has 0 amide bonds. The van der Waals surface area contributed by atoms with Crippen molar-refractivity contribution in [1.82, 2.24) is 9.55 Å². The maximum Gasteiger partial charge on any atom is 0.196 e. The molecular weight excluding hydrogens is 386 g/mol. The van der Waals surface area contributed by atoms with Gasteiger partial charge < -0.3 is 0 Å². The van der Waals surface area contributed by atoms with E-state index >= 15 is 0 Å².